The largest absolute Gasteiger partial charge is 0.328 e. The van der Waals surface area contributed by atoms with Crippen LogP contribution in [-0.2, 0) is 0 Å². The van der Waals surface area contributed by atoms with Gasteiger partial charge in [0.1, 0.15) is 0 Å². The molecule has 0 aliphatic carbocycles. The Morgan fingerprint density at radius 2 is 1.86 bits per heavy atom. The third-order valence-electron chi connectivity index (χ3n) is 2.08. The van der Waals surface area contributed by atoms with Crippen LogP contribution in [-0.4, -0.2) is 28.6 Å². The van der Waals surface area contributed by atoms with E-state index in [1.54, 1.807) is 29.4 Å². The van der Waals surface area contributed by atoms with Crippen molar-refractivity contribution >= 4 is 6.03 Å². The molecule has 0 unspecified atom stereocenters. The van der Waals surface area contributed by atoms with Crippen molar-refractivity contribution in [2.24, 2.45) is 0 Å². The highest BCUT2D eigenvalue weighted by Crippen LogP contribution is 1.94. The molecule has 0 saturated heterocycles. The van der Waals surface area contributed by atoms with Crippen molar-refractivity contribution in [1.82, 2.24) is 9.47 Å². The van der Waals surface area contributed by atoms with Crippen molar-refractivity contribution in [3.8, 4) is 0 Å². The van der Waals surface area contributed by atoms with E-state index in [4.69, 9.17) is 5.41 Å². The van der Waals surface area contributed by atoms with E-state index in [0.29, 0.717) is 18.4 Å². The molecule has 0 spiro atoms. The average molecular weight is 193 g/mol. The Hall–Kier alpha value is -1.58. The van der Waals surface area contributed by atoms with E-state index >= 15 is 0 Å². The van der Waals surface area contributed by atoms with E-state index in [1.165, 1.54) is 4.57 Å². The summed E-state index contributed by atoms with van der Waals surface area (Å²) in [4.78, 5) is 13.5. The van der Waals surface area contributed by atoms with E-state index in [9.17, 15) is 4.79 Å². The number of pyridine rings is 1. The quantitative estimate of drug-likeness (QED) is 0.755. The molecule has 0 aliphatic rings. The van der Waals surface area contributed by atoms with E-state index in [2.05, 4.69) is 0 Å². The molecular formula is C10H15N3O. The van der Waals surface area contributed by atoms with Crippen LogP contribution in [0, 0.1) is 5.41 Å². The molecule has 4 heteroatoms. The third kappa shape index (κ3) is 2.22. The minimum absolute atomic E-state index is 0.0463. The van der Waals surface area contributed by atoms with Gasteiger partial charge in [0.2, 0.25) is 0 Å². The lowest BCUT2D eigenvalue weighted by Crippen LogP contribution is -2.34. The lowest BCUT2D eigenvalue weighted by molar-refractivity contribution is 0.205. The van der Waals surface area contributed by atoms with Gasteiger partial charge < -0.3 is 10.3 Å². The van der Waals surface area contributed by atoms with Crippen LogP contribution in [0.1, 0.15) is 13.8 Å². The monoisotopic (exact) mass is 193 g/mol. The van der Waals surface area contributed by atoms with Gasteiger partial charge in [-0.1, -0.05) is 0 Å². The smallest absolute Gasteiger partial charge is 0.325 e. The first-order chi connectivity index (χ1) is 6.69. The summed E-state index contributed by atoms with van der Waals surface area (Å²) in [6.45, 7) is 5.29. The second kappa shape index (κ2) is 4.60. The highest BCUT2D eigenvalue weighted by Gasteiger charge is 2.09. The number of hydrogen-bond donors (Lipinski definition) is 1. The van der Waals surface area contributed by atoms with Gasteiger partial charge in [-0.05, 0) is 26.0 Å². The van der Waals surface area contributed by atoms with E-state index < -0.39 is 0 Å². The molecule has 1 N–H and O–H groups in total. The van der Waals surface area contributed by atoms with Gasteiger partial charge in [-0.3, -0.25) is 4.57 Å². The third-order valence-corrected chi connectivity index (χ3v) is 2.08. The van der Waals surface area contributed by atoms with Crippen LogP contribution in [0.15, 0.2) is 24.5 Å². The number of rotatable bonds is 2. The normalized spacial score (nSPS) is 9.86. The molecule has 4 nitrogen and oxygen atoms in total. The number of nitrogens with one attached hydrogen (secondary N) is 1. The number of hydrogen-bond acceptors (Lipinski definition) is 2. The SMILES string of the molecule is CCN(CC)C(=O)n1ccc(=N)cc1. The molecule has 0 radical (unpaired) electrons. The van der Waals surface area contributed by atoms with Crippen molar-refractivity contribution in [3.05, 3.63) is 29.9 Å². The van der Waals surface area contributed by atoms with Crippen LogP contribution in [0.5, 0.6) is 0 Å². The van der Waals surface area contributed by atoms with Gasteiger partial charge in [-0.2, -0.15) is 0 Å². The molecule has 0 atom stereocenters. The van der Waals surface area contributed by atoms with Gasteiger partial charge in [-0.15, -0.1) is 0 Å². The van der Waals surface area contributed by atoms with Gasteiger partial charge in [0, 0.05) is 25.5 Å². The number of carbonyl (C=O) groups excluding carboxylic acids is 1. The number of nitrogens with zero attached hydrogens (tertiary/aromatic N) is 2. The maximum atomic E-state index is 11.7. The second-order valence-electron chi connectivity index (χ2n) is 2.95. The lowest BCUT2D eigenvalue weighted by atomic mass is 10.4. The van der Waals surface area contributed by atoms with Crippen molar-refractivity contribution in [1.29, 1.82) is 5.41 Å². The molecule has 1 rings (SSSR count). The fourth-order valence-electron chi connectivity index (χ4n) is 1.21. The first kappa shape index (κ1) is 10.5. The summed E-state index contributed by atoms with van der Waals surface area (Å²) in [5, 5.41) is 7.70. The molecule has 0 saturated carbocycles. The summed E-state index contributed by atoms with van der Waals surface area (Å²) in [7, 11) is 0. The molecule has 1 aromatic heterocycles. The summed E-state index contributed by atoms with van der Waals surface area (Å²) < 4.78 is 1.49. The Balaban J connectivity index is 2.88. The Labute approximate surface area is 83.3 Å². The summed E-state index contributed by atoms with van der Waals surface area (Å²) >= 11 is 0. The maximum absolute atomic E-state index is 11.7. The zero-order valence-corrected chi connectivity index (χ0v) is 8.53. The lowest BCUT2D eigenvalue weighted by Gasteiger charge is -2.19. The molecule has 0 fully saturated rings. The predicted molar refractivity (Wildman–Crippen MR) is 54.0 cm³/mol. The molecule has 14 heavy (non-hydrogen) atoms. The Bertz CT molecular complexity index is 345. The van der Waals surface area contributed by atoms with Crippen LogP contribution in [0.4, 0.5) is 4.79 Å². The minimum atomic E-state index is -0.0463. The van der Waals surface area contributed by atoms with Crippen molar-refractivity contribution in [3.63, 3.8) is 0 Å². The first-order valence-electron chi connectivity index (χ1n) is 4.71. The molecule has 0 bridgehead atoms. The van der Waals surface area contributed by atoms with E-state index in [1.807, 2.05) is 13.8 Å². The van der Waals surface area contributed by atoms with Crippen molar-refractivity contribution < 1.29 is 4.79 Å². The van der Waals surface area contributed by atoms with Gasteiger partial charge in [0.05, 0.1) is 5.36 Å². The van der Waals surface area contributed by atoms with Gasteiger partial charge in [0.15, 0.2) is 0 Å². The van der Waals surface area contributed by atoms with Crippen LogP contribution in [0.3, 0.4) is 0 Å². The van der Waals surface area contributed by atoms with Gasteiger partial charge in [0.25, 0.3) is 0 Å². The van der Waals surface area contributed by atoms with Gasteiger partial charge >= 0.3 is 6.03 Å². The molecule has 76 valence electrons. The molecular weight excluding hydrogens is 178 g/mol. The van der Waals surface area contributed by atoms with E-state index in [0.717, 1.165) is 0 Å². The predicted octanol–water partition coefficient (Wildman–Crippen LogP) is 1.28. The number of amides is 1. The fraction of sp³-hybridized carbons (Fsp3) is 0.400. The molecule has 1 aromatic rings. The van der Waals surface area contributed by atoms with Gasteiger partial charge in [-0.25, -0.2) is 4.79 Å². The second-order valence-corrected chi connectivity index (χ2v) is 2.95. The molecule has 0 aliphatic heterocycles. The highest BCUT2D eigenvalue weighted by atomic mass is 16.2. The van der Waals surface area contributed by atoms with Crippen LogP contribution in [0.2, 0.25) is 0 Å². The number of aromatic nitrogens is 1. The minimum Gasteiger partial charge on any atom is -0.325 e. The summed E-state index contributed by atoms with van der Waals surface area (Å²) in [6, 6.07) is 3.15. The first-order valence-corrected chi connectivity index (χ1v) is 4.71. The molecule has 1 amide bonds. The van der Waals surface area contributed by atoms with Crippen LogP contribution in [0.25, 0.3) is 0 Å². The molecule has 0 aromatic carbocycles. The zero-order chi connectivity index (χ0) is 10.6. The Morgan fingerprint density at radius 3 is 2.29 bits per heavy atom. The van der Waals surface area contributed by atoms with Crippen LogP contribution < -0.4 is 5.36 Å². The Morgan fingerprint density at radius 1 is 1.36 bits per heavy atom. The zero-order valence-electron chi connectivity index (χ0n) is 8.53. The van der Waals surface area contributed by atoms with Crippen LogP contribution >= 0.6 is 0 Å². The van der Waals surface area contributed by atoms with Crippen molar-refractivity contribution in [2.45, 2.75) is 13.8 Å². The molecule has 1 heterocycles. The maximum Gasteiger partial charge on any atom is 0.328 e. The standard InChI is InChI=1S/C10H15N3O/c1-3-12(4-2)10(14)13-7-5-9(11)6-8-13/h5-8,11H,3-4H2,1-2H3. The fourth-order valence-corrected chi connectivity index (χ4v) is 1.21. The highest BCUT2D eigenvalue weighted by molar-refractivity contribution is 5.76. The van der Waals surface area contributed by atoms with E-state index in [-0.39, 0.29) is 6.03 Å². The summed E-state index contributed by atoms with van der Waals surface area (Å²) in [5.74, 6) is 0. The summed E-state index contributed by atoms with van der Waals surface area (Å²) in [6.07, 6.45) is 3.23. The Kier molecular flexibility index (Phi) is 3.45. The summed E-state index contributed by atoms with van der Waals surface area (Å²) in [5.41, 5.74) is 0. The van der Waals surface area contributed by atoms with Crippen molar-refractivity contribution in [2.75, 3.05) is 13.1 Å². The average Bonchev–Trinajstić information content (AvgIpc) is 2.20. The number of carbonyl (C=O) groups is 1. The topological polar surface area (TPSA) is 49.1 Å².